The molecule has 0 unspecified atom stereocenters. The molecule has 0 aliphatic carbocycles. The summed E-state index contributed by atoms with van der Waals surface area (Å²) in [5.74, 6) is 0.684. The van der Waals surface area contributed by atoms with E-state index in [1.807, 2.05) is 62.4 Å². The Labute approximate surface area is 177 Å². The van der Waals surface area contributed by atoms with Gasteiger partial charge < -0.3 is 24.5 Å². The van der Waals surface area contributed by atoms with Gasteiger partial charge in [-0.3, -0.25) is 0 Å². The summed E-state index contributed by atoms with van der Waals surface area (Å²) in [6.07, 6.45) is 0. The quantitative estimate of drug-likeness (QED) is 0.556. The van der Waals surface area contributed by atoms with Crippen LogP contribution in [0, 0.1) is 13.8 Å². The topological polar surface area (TPSA) is 72.7 Å². The first-order valence-electron chi connectivity index (χ1n) is 9.83. The van der Waals surface area contributed by atoms with Crippen molar-refractivity contribution in [3.05, 3.63) is 82.2 Å². The van der Waals surface area contributed by atoms with E-state index in [-0.39, 0.29) is 0 Å². The molecule has 1 aromatic heterocycles. The Kier molecular flexibility index (Phi) is 6.79. The minimum atomic E-state index is -0.904. The largest absolute Gasteiger partial charge is 0.497 e. The maximum atomic E-state index is 12.0. The predicted octanol–water partition coefficient (Wildman–Crippen LogP) is 4.16. The van der Waals surface area contributed by atoms with Crippen molar-refractivity contribution in [1.29, 1.82) is 0 Å². The number of methoxy groups -OCH3 is 2. The van der Waals surface area contributed by atoms with Gasteiger partial charge in [0, 0.05) is 36.6 Å². The van der Waals surface area contributed by atoms with E-state index >= 15 is 0 Å². The van der Waals surface area contributed by atoms with Crippen LogP contribution >= 0.6 is 0 Å². The summed E-state index contributed by atoms with van der Waals surface area (Å²) in [5, 5.41) is 13.2. The van der Waals surface area contributed by atoms with Gasteiger partial charge in [-0.15, -0.1) is 0 Å². The molecule has 3 aromatic rings. The second kappa shape index (κ2) is 9.50. The number of hydrogen-bond acceptors (Lipinski definition) is 4. The Morgan fingerprint density at radius 3 is 2.13 bits per heavy atom. The fraction of sp³-hybridized carbons (Fsp3) is 0.292. The van der Waals surface area contributed by atoms with Crippen LogP contribution in [0.15, 0.2) is 48.5 Å². The zero-order chi connectivity index (χ0) is 21.7. The molecule has 6 heteroatoms. The predicted molar refractivity (Wildman–Crippen MR) is 116 cm³/mol. The lowest BCUT2D eigenvalue weighted by molar-refractivity contribution is 0.0694. The second-order valence-corrected chi connectivity index (χ2v) is 7.22. The molecule has 0 aliphatic rings. The number of nitrogens with one attached hydrogen (secondary N) is 1. The number of carboxylic acids is 1. The highest BCUT2D eigenvalue weighted by atomic mass is 16.5. The summed E-state index contributed by atoms with van der Waals surface area (Å²) in [6.45, 7) is 5.52. The maximum Gasteiger partial charge on any atom is 0.337 e. The Morgan fingerprint density at radius 1 is 0.933 bits per heavy atom. The zero-order valence-corrected chi connectivity index (χ0v) is 17.9. The molecular weight excluding hydrogens is 380 g/mol. The van der Waals surface area contributed by atoms with Crippen molar-refractivity contribution in [3.8, 4) is 11.5 Å². The molecule has 3 rings (SSSR count). The number of nitrogens with zero attached hydrogens (tertiary/aromatic N) is 1. The molecule has 0 radical (unpaired) electrons. The van der Waals surface area contributed by atoms with Crippen LogP contribution < -0.4 is 14.8 Å². The minimum Gasteiger partial charge on any atom is -0.497 e. The van der Waals surface area contributed by atoms with E-state index in [0.29, 0.717) is 25.2 Å². The third-order valence-corrected chi connectivity index (χ3v) is 5.36. The van der Waals surface area contributed by atoms with Gasteiger partial charge in [0.2, 0.25) is 0 Å². The first kappa shape index (κ1) is 21.5. The van der Waals surface area contributed by atoms with Crippen LogP contribution in [0.2, 0.25) is 0 Å². The molecule has 0 bridgehead atoms. The van der Waals surface area contributed by atoms with E-state index in [4.69, 9.17) is 9.47 Å². The number of carbonyl (C=O) groups is 1. The maximum absolute atomic E-state index is 12.0. The van der Waals surface area contributed by atoms with Gasteiger partial charge in [0.15, 0.2) is 0 Å². The van der Waals surface area contributed by atoms with Crippen LogP contribution in [-0.2, 0) is 19.6 Å². The van der Waals surface area contributed by atoms with Crippen LogP contribution in [0.25, 0.3) is 0 Å². The standard InChI is InChI=1S/C24H28N2O4/c1-16-22(14-25-13-18-7-5-9-20(11-18)29-3)23(24(27)28)17(2)26(16)15-19-8-6-10-21(12-19)30-4/h5-12,25H,13-15H2,1-4H3,(H,27,28). The van der Waals surface area contributed by atoms with Crippen LogP contribution in [0.5, 0.6) is 11.5 Å². The van der Waals surface area contributed by atoms with E-state index < -0.39 is 5.97 Å². The Hall–Kier alpha value is -3.25. The first-order valence-corrected chi connectivity index (χ1v) is 9.83. The van der Waals surface area contributed by atoms with Crippen molar-refractivity contribution in [1.82, 2.24) is 9.88 Å². The molecule has 0 spiro atoms. The van der Waals surface area contributed by atoms with Crippen LogP contribution in [0.1, 0.15) is 38.4 Å². The molecule has 0 fully saturated rings. The molecule has 30 heavy (non-hydrogen) atoms. The fourth-order valence-electron chi connectivity index (χ4n) is 3.75. The Bertz CT molecular complexity index is 1040. The summed E-state index contributed by atoms with van der Waals surface area (Å²) < 4.78 is 12.6. The van der Waals surface area contributed by atoms with Crippen molar-refractivity contribution in [2.24, 2.45) is 0 Å². The number of rotatable bonds is 9. The average Bonchev–Trinajstić information content (AvgIpc) is 2.98. The third-order valence-electron chi connectivity index (χ3n) is 5.36. The number of aromatic carboxylic acids is 1. The molecule has 0 amide bonds. The molecule has 0 aliphatic heterocycles. The van der Waals surface area contributed by atoms with Gasteiger partial charge >= 0.3 is 5.97 Å². The summed E-state index contributed by atoms with van der Waals surface area (Å²) in [5.41, 5.74) is 5.02. The first-order chi connectivity index (χ1) is 14.4. The molecule has 2 N–H and O–H groups in total. The molecule has 0 saturated carbocycles. The van der Waals surface area contributed by atoms with Crippen molar-refractivity contribution in [3.63, 3.8) is 0 Å². The van der Waals surface area contributed by atoms with Crippen LogP contribution in [-0.4, -0.2) is 29.9 Å². The smallest absolute Gasteiger partial charge is 0.337 e. The molecule has 0 atom stereocenters. The average molecular weight is 408 g/mol. The lowest BCUT2D eigenvalue weighted by Gasteiger charge is -2.11. The number of hydrogen-bond donors (Lipinski definition) is 2. The number of ether oxygens (including phenoxy) is 2. The minimum absolute atomic E-state index is 0.369. The molecule has 6 nitrogen and oxygen atoms in total. The van der Waals surface area contributed by atoms with Crippen molar-refractivity contribution >= 4 is 5.97 Å². The number of benzene rings is 2. The van der Waals surface area contributed by atoms with Gasteiger partial charge in [0.25, 0.3) is 0 Å². The monoisotopic (exact) mass is 408 g/mol. The van der Waals surface area contributed by atoms with E-state index in [2.05, 4.69) is 9.88 Å². The Balaban J connectivity index is 1.83. The van der Waals surface area contributed by atoms with E-state index in [1.165, 1.54) is 0 Å². The third kappa shape index (κ3) is 4.66. The van der Waals surface area contributed by atoms with Gasteiger partial charge in [-0.05, 0) is 49.2 Å². The van der Waals surface area contributed by atoms with Crippen molar-refractivity contribution in [2.45, 2.75) is 33.5 Å². The van der Waals surface area contributed by atoms with Crippen molar-refractivity contribution < 1.29 is 19.4 Å². The van der Waals surface area contributed by atoms with Gasteiger partial charge in [-0.2, -0.15) is 0 Å². The SMILES string of the molecule is COc1cccc(CNCc2c(C(=O)O)c(C)n(Cc3cccc(OC)c3)c2C)c1. The normalized spacial score (nSPS) is 10.8. The molecule has 2 aromatic carbocycles. The lowest BCUT2D eigenvalue weighted by Crippen LogP contribution is -2.15. The fourth-order valence-corrected chi connectivity index (χ4v) is 3.75. The molecular formula is C24H28N2O4. The summed E-state index contributed by atoms with van der Waals surface area (Å²) >= 11 is 0. The van der Waals surface area contributed by atoms with Crippen molar-refractivity contribution in [2.75, 3.05) is 14.2 Å². The summed E-state index contributed by atoms with van der Waals surface area (Å²) in [6, 6.07) is 15.7. The van der Waals surface area contributed by atoms with Gasteiger partial charge in [-0.25, -0.2) is 4.79 Å². The Morgan fingerprint density at radius 2 is 1.53 bits per heavy atom. The highest BCUT2D eigenvalue weighted by Gasteiger charge is 2.22. The highest BCUT2D eigenvalue weighted by molar-refractivity contribution is 5.91. The number of aromatic nitrogens is 1. The van der Waals surface area contributed by atoms with Gasteiger partial charge in [-0.1, -0.05) is 24.3 Å². The van der Waals surface area contributed by atoms with Gasteiger partial charge in [0.1, 0.15) is 11.5 Å². The lowest BCUT2D eigenvalue weighted by atomic mass is 10.1. The highest BCUT2D eigenvalue weighted by Crippen LogP contribution is 2.25. The summed E-state index contributed by atoms with van der Waals surface area (Å²) in [4.78, 5) is 12.0. The second-order valence-electron chi connectivity index (χ2n) is 7.22. The van der Waals surface area contributed by atoms with Crippen LogP contribution in [0.3, 0.4) is 0 Å². The van der Waals surface area contributed by atoms with E-state index in [1.54, 1.807) is 14.2 Å². The summed E-state index contributed by atoms with van der Waals surface area (Å²) in [7, 11) is 3.28. The molecule has 1 heterocycles. The number of carboxylic acid groups (broad SMARTS) is 1. The van der Waals surface area contributed by atoms with Crippen LogP contribution in [0.4, 0.5) is 0 Å². The zero-order valence-electron chi connectivity index (χ0n) is 17.9. The molecule has 158 valence electrons. The van der Waals surface area contributed by atoms with Gasteiger partial charge in [0.05, 0.1) is 19.8 Å². The molecule has 0 saturated heterocycles. The van der Waals surface area contributed by atoms with E-state index in [0.717, 1.165) is 39.6 Å². The van der Waals surface area contributed by atoms with E-state index in [9.17, 15) is 9.90 Å².